The zero-order valence-corrected chi connectivity index (χ0v) is 17.7. The number of hydrogen-bond donors (Lipinski definition) is 2. The summed E-state index contributed by atoms with van der Waals surface area (Å²) in [6, 6.07) is 5.81. The maximum Gasteiger partial charge on any atom is 0.230 e. The highest BCUT2D eigenvalue weighted by Crippen LogP contribution is 2.25. The number of H-pyrrole nitrogens is 1. The molecule has 8 nitrogen and oxygen atoms in total. The third-order valence-electron chi connectivity index (χ3n) is 5.16. The normalized spacial score (nSPS) is 11.4. The van der Waals surface area contributed by atoms with Crippen LogP contribution in [0.1, 0.15) is 28.2 Å². The molecule has 29 heavy (non-hydrogen) atoms. The molecule has 1 amide bonds. The second kappa shape index (κ2) is 7.04. The van der Waals surface area contributed by atoms with E-state index in [9.17, 15) is 4.79 Å². The number of aryl methyl sites for hydroxylation is 4. The van der Waals surface area contributed by atoms with Crippen LogP contribution in [0.4, 0.5) is 5.82 Å². The van der Waals surface area contributed by atoms with Crippen molar-refractivity contribution >= 4 is 34.4 Å². The summed E-state index contributed by atoms with van der Waals surface area (Å²) >= 11 is 6.27. The highest BCUT2D eigenvalue weighted by molar-refractivity contribution is 6.31. The molecule has 0 spiro atoms. The summed E-state index contributed by atoms with van der Waals surface area (Å²) in [6.45, 7) is 7.70. The number of anilines is 1. The number of nitrogens with zero attached hydrogens (tertiary/aromatic N) is 5. The fourth-order valence-corrected chi connectivity index (χ4v) is 3.74. The summed E-state index contributed by atoms with van der Waals surface area (Å²) in [5, 5.41) is 20.5. The number of aromatic amines is 1. The number of nitrogens with one attached hydrogen (secondary N) is 2. The predicted octanol–water partition coefficient (Wildman–Crippen LogP) is 3.55. The van der Waals surface area contributed by atoms with Crippen molar-refractivity contribution in [3.8, 4) is 5.69 Å². The number of hydrogen-bond acceptors (Lipinski definition) is 4. The number of carbonyl (C=O) groups excluding carboxylic acids is 1. The van der Waals surface area contributed by atoms with Crippen molar-refractivity contribution in [3.63, 3.8) is 0 Å². The van der Waals surface area contributed by atoms with Crippen LogP contribution in [0.15, 0.2) is 18.2 Å². The zero-order valence-electron chi connectivity index (χ0n) is 17.0. The summed E-state index contributed by atoms with van der Waals surface area (Å²) in [7, 11) is 1.82. The van der Waals surface area contributed by atoms with Gasteiger partial charge in [-0.2, -0.15) is 15.3 Å². The minimum absolute atomic E-state index is 0.147. The van der Waals surface area contributed by atoms with Crippen LogP contribution in [0.2, 0.25) is 5.02 Å². The van der Waals surface area contributed by atoms with E-state index in [-0.39, 0.29) is 12.3 Å². The van der Waals surface area contributed by atoms with Gasteiger partial charge in [-0.05, 0) is 45.4 Å². The largest absolute Gasteiger partial charge is 0.310 e. The molecule has 0 fully saturated rings. The third kappa shape index (κ3) is 3.29. The lowest BCUT2D eigenvalue weighted by Crippen LogP contribution is -2.16. The molecule has 1 aromatic carbocycles. The van der Waals surface area contributed by atoms with Gasteiger partial charge in [0.1, 0.15) is 5.82 Å². The van der Waals surface area contributed by atoms with Crippen LogP contribution in [0, 0.1) is 27.7 Å². The molecule has 0 radical (unpaired) electrons. The number of fused-ring (bicyclic) bond motifs is 1. The minimum atomic E-state index is -0.147. The van der Waals surface area contributed by atoms with Crippen molar-refractivity contribution in [1.29, 1.82) is 0 Å². The van der Waals surface area contributed by atoms with E-state index in [0.717, 1.165) is 39.3 Å². The van der Waals surface area contributed by atoms with E-state index in [1.807, 2.05) is 57.6 Å². The minimum Gasteiger partial charge on any atom is -0.310 e. The van der Waals surface area contributed by atoms with Crippen LogP contribution in [0.25, 0.3) is 16.7 Å². The maximum absolute atomic E-state index is 12.7. The van der Waals surface area contributed by atoms with E-state index in [1.54, 1.807) is 4.68 Å². The quantitative estimate of drug-likeness (QED) is 0.537. The van der Waals surface area contributed by atoms with Crippen molar-refractivity contribution in [2.24, 2.45) is 7.05 Å². The summed E-state index contributed by atoms with van der Waals surface area (Å²) in [5.41, 5.74) is 5.99. The van der Waals surface area contributed by atoms with Gasteiger partial charge in [0.2, 0.25) is 5.91 Å². The molecular formula is C20H22ClN7O. The van der Waals surface area contributed by atoms with Crippen LogP contribution < -0.4 is 5.32 Å². The molecule has 3 heterocycles. The topological polar surface area (TPSA) is 93.4 Å². The first-order valence-corrected chi connectivity index (χ1v) is 9.63. The molecule has 4 aromatic rings. The average Bonchev–Trinajstić information content (AvgIpc) is 3.29. The van der Waals surface area contributed by atoms with E-state index in [4.69, 9.17) is 11.6 Å². The summed E-state index contributed by atoms with van der Waals surface area (Å²) < 4.78 is 3.50. The fourth-order valence-electron chi connectivity index (χ4n) is 3.56. The van der Waals surface area contributed by atoms with Crippen LogP contribution in [0.3, 0.4) is 0 Å². The molecular weight excluding hydrogens is 390 g/mol. The maximum atomic E-state index is 12.7. The molecule has 3 aromatic heterocycles. The molecule has 0 bridgehead atoms. The Morgan fingerprint density at radius 3 is 2.66 bits per heavy atom. The van der Waals surface area contributed by atoms with Crippen LogP contribution >= 0.6 is 11.6 Å². The number of carbonyl (C=O) groups is 1. The van der Waals surface area contributed by atoms with Gasteiger partial charge in [0.05, 0.1) is 28.9 Å². The van der Waals surface area contributed by atoms with Crippen molar-refractivity contribution < 1.29 is 4.79 Å². The van der Waals surface area contributed by atoms with Crippen molar-refractivity contribution in [1.82, 2.24) is 29.8 Å². The van der Waals surface area contributed by atoms with Gasteiger partial charge in [-0.1, -0.05) is 17.7 Å². The highest BCUT2D eigenvalue weighted by atomic mass is 35.5. The van der Waals surface area contributed by atoms with E-state index in [1.165, 1.54) is 0 Å². The number of rotatable bonds is 4. The van der Waals surface area contributed by atoms with E-state index in [2.05, 4.69) is 25.7 Å². The lowest BCUT2D eigenvalue weighted by Gasteiger charge is -2.08. The SMILES string of the molecule is Cc1ccc(-n2nc(C)c(CC(=O)Nc3[nH]nc4c3c(C)nn4C)c2C)cc1Cl. The lowest BCUT2D eigenvalue weighted by atomic mass is 10.1. The van der Waals surface area contributed by atoms with Gasteiger partial charge in [-0.15, -0.1) is 0 Å². The first-order valence-electron chi connectivity index (χ1n) is 9.25. The Kier molecular flexibility index (Phi) is 4.66. The standard InChI is InChI=1S/C20H22ClN7O/c1-10-6-7-14(8-16(10)21)28-13(4)15(11(2)26-28)9-17(29)22-19-18-12(3)25-27(5)20(18)24-23-19/h6-8H,9H2,1-5H3,(H2,22,23,24,29). The molecule has 0 saturated carbocycles. The summed E-state index contributed by atoms with van der Waals surface area (Å²) in [5.74, 6) is 0.412. The molecule has 0 unspecified atom stereocenters. The Morgan fingerprint density at radius 2 is 1.93 bits per heavy atom. The Morgan fingerprint density at radius 1 is 1.17 bits per heavy atom. The lowest BCUT2D eigenvalue weighted by molar-refractivity contribution is -0.115. The van der Waals surface area contributed by atoms with Gasteiger partial charge in [0, 0.05) is 23.3 Å². The summed E-state index contributed by atoms with van der Waals surface area (Å²) in [6.07, 6.45) is 0.205. The fraction of sp³-hybridized carbons (Fsp3) is 0.300. The van der Waals surface area contributed by atoms with Gasteiger partial charge in [0.15, 0.2) is 5.65 Å². The number of aromatic nitrogens is 6. The van der Waals surface area contributed by atoms with E-state index >= 15 is 0 Å². The number of benzene rings is 1. The number of amides is 1. The van der Waals surface area contributed by atoms with Crippen molar-refractivity contribution in [2.75, 3.05) is 5.32 Å². The van der Waals surface area contributed by atoms with E-state index in [0.29, 0.717) is 16.5 Å². The van der Waals surface area contributed by atoms with Gasteiger partial charge in [-0.25, -0.2) is 9.36 Å². The van der Waals surface area contributed by atoms with Gasteiger partial charge < -0.3 is 5.32 Å². The third-order valence-corrected chi connectivity index (χ3v) is 5.57. The molecule has 0 aliphatic heterocycles. The Labute approximate surface area is 172 Å². The van der Waals surface area contributed by atoms with Gasteiger partial charge >= 0.3 is 0 Å². The van der Waals surface area contributed by atoms with Gasteiger partial charge in [0.25, 0.3) is 0 Å². The predicted molar refractivity (Wildman–Crippen MR) is 113 cm³/mol. The Hall–Kier alpha value is -3.13. The first-order chi connectivity index (χ1) is 13.8. The van der Waals surface area contributed by atoms with Crippen molar-refractivity contribution in [2.45, 2.75) is 34.1 Å². The molecule has 2 N–H and O–H groups in total. The second-order valence-electron chi connectivity index (χ2n) is 7.23. The van der Waals surface area contributed by atoms with Crippen LogP contribution in [-0.4, -0.2) is 35.7 Å². The van der Waals surface area contributed by atoms with Crippen LogP contribution in [-0.2, 0) is 18.3 Å². The molecule has 150 valence electrons. The van der Waals surface area contributed by atoms with Crippen molar-refractivity contribution in [3.05, 3.63) is 51.4 Å². The monoisotopic (exact) mass is 411 g/mol. The smallest absolute Gasteiger partial charge is 0.230 e. The highest BCUT2D eigenvalue weighted by Gasteiger charge is 2.19. The van der Waals surface area contributed by atoms with E-state index < -0.39 is 0 Å². The molecule has 0 aliphatic rings. The second-order valence-corrected chi connectivity index (χ2v) is 7.63. The summed E-state index contributed by atoms with van der Waals surface area (Å²) in [4.78, 5) is 12.7. The average molecular weight is 412 g/mol. The molecule has 9 heteroatoms. The Bertz CT molecular complexity index is 1250. The molecule has 4 rings (SSSR count). The first kappa shape index (κ1) is 19.2. The molecule has 0 saturated heterocycles. The molecule has 0 aliphatic carbocycles. The zero-order chi connectivity index (χ0) is 20.9. The van der Waals surface area contributed by atoms with Crippen LogP contribution in [0.5, 0.6) is 0 Å². The Balaban J connectivity index is 1.60. The van der Waals surface area contributed by atoms with Gasteiger partial charge in [-0.3, -0.25) is 9.89 Å². The number of halogens is 1. The molecule has 0 atom stereocenters.